The third-order valence-electron chi connectivity index (χ3n) is 4.62. The van der Waals surface area contributed by atoms with Crippen LogP contribution >= 0.6 is 11.3 Å². The highest BCUT2D eigenvalue weighted by atomic mass is 32.1. The highest BCUT2D eigenvalue weighted by Gasteiger charge is 2.28. The number of aryl methyl sites for hydroxylation is 1. The summed E-state index contributed by atoms with van der Waals surface area (Å²) in [4.78, 5) is 15.8. The van der Waals surface area contributed by atoms with Gasteiger partial charge < -0.3 is 4.74 Å². The first-order valence-electron chi connectivity index (χ1n) is 8.21. The third kappa shape index (κ3) is 3.68. The van der Waals surface area contributed by atoms with E-state index in [2.05, 4.69) is 4.90 Å². The van der Waals surface area contributed by atoms with Crippen LogP contribution in [0.4, 0.5) is 4.39 Å². The van der Waals surface area contributed by atoms with Gasteiger partial charge in [-0.05, 0) is 49.4 Å². The Morgan fingerprint density at radius 1 is 1.42 bits per heavy atom. The molecule has 5 heteroatoms. The van der Waals surface area contributed by atoms with E-state index in [0.717, 1.165) is 29.8 Å². The second-order valence-electron chi connectivity index (χ2n) is 6.33. The number of rotatable bonds is 5. The van der Waals surface area contributed by atoms with Crippen LogP contribution in [0.2, 0.25) is 0 Å². The van der Waals surface area contributed by atoms with Gasteiger partial charge in [0.05, 0.1) is 12.0 Å². The Balaban J connectivity index is 1.68. The topological polar surface area (TPSA) is 29.5 Å². The molecule has 0 amide bonds. The maximum atomic E-state index is 14.2. The van der Waals surface area contributed by atoms with E-state index >= 15 is 0 Å². The number of carbonyl (C=O) groups excluding carboxylic acids is 1. The lowest BCUT2D eigenvalue weighted by atomic mass is 9.92. The lowest BCUT2D eigenvalue weighted by Crippen LogP contribution is -2.38. The van der Waals surface area contributed by atoms with Gasteiger partial charge in [0.25, 0.3) is 0 Å². The molecule has 1 fully saturated rings. The first-order chi connectivity index (χ1) is 11.6. The molecule has 2 aromatic rings. The van der Waals surface area contributed by atoms with Crippen molar-refractivity contribution >= 4 is 17.1 Å². The van der Waals surface area contributed by atoms with Crippen molar-refractivity contribution in [2.24, 2.45) is 5.92 Å². The minimum absolute atomic E-state index is 0.0115. The fraction of sp³-hybridized carbons (Fsp3) is 0.421. The summed E-state index contributed by atoms with van der Waals surface area (Å²) >= 11 is 1.52. The van der Waals surface area contributed by atoms with E-state index in [-0.39, 0.29) is 17.5 Å². The minimum Gasteiger partial charge on any atom is -0.497 e. The van der Waals surface area contributed by atoms with Crippen LogP contribution in [0.15, 0.2) is 29.6 Å². The van der Waals surface area contributed by atoms with Gasteiger partial charge in [0.15, 0.2) is 5.78 Å². The molecule has 1 aromatic heterocycles. The average Bonchev–Trinajstić information content (AvgIpc) is 3.02. The van der Waals surface area contributed by atoms with Gasteiger partial charge in [-0.3, -0.25) is 9.69 Å². The Labute approximate surface area is 146 Å². The number of ether oxygens (including phenoxy) is 1. The van der Waals surface area contributed by atoms with Gasteiger partial charge in [-0.15, -0.1) is 11.3 Å². The maximum absolute atomic E-state index is 14.2. The summed E-state index contributed by atoms with van der Waals surface area (Å²) in [6.07, 6.45) is 1.89. The van der Waals surface area contributed by atoms with E-state index in [9.17, 15) is 9.18 Å². The van der Waals surface area contributed by atoms with Gasteiger partial charge >= 0.3 is 0 Å². The largest absolute Gasteiger partial charge is 0.497 e. The van der Waals surface area contributed by atoms with Crippen molar-refractivity contribution in [2.45, 2.75) is 26.3 Å². The summed E-state index contributed by atoms with van der Waals surface area (Å²) in [7, 11) is 1.53. The molecule has 0 radical (unpaired) electrons. The highest BCUT2D eigenvalue weighted by molar-refractivity contribution is 7.12. The number of piperidine rings is 1. The molecule has 0 saturated carbocycles. The molecule has 0 unspecified atom stereocenters. The molecule has 0 bridgehead atoms. The van der Waals surface area contributed by atoms with Gasteiger partial charge in [0.2, 0.25) is 0 Å². The zero-order chi connectivity index (χ0) is 17.1. The summed E-state index contributed by atoms with van der Waals surface area (Å²) < 4.78 is 19.2. The Morgan fingerprint density at radius 2 is 2.25 bits per heavy atom. The van der Waals surface area contributed by atoms with Gasteiger partial charge in [-0.25, -0.2) is 4.39 Å². The standard InChI is InChI=1S/C19H22FNO2S/c1-13-7-9-24-19(13)18(22)15-4-3-8-21(12-15)11-14-5-6-16(23-2)10-17(14)20/h5-7,9-10,15H,3-4,8,11-12H2,1-2H3/t15-/m1/s1. The number of halogens is 1. The zero-order valence-corrected chi connectivity index (χ0v) is 14.9. The van der Waals surface area contributed by atoms with Crippen LogP contribution in [-0.2, 0) is 6.54 Å². The molecule has 24 heavy (non-hydrogen) atoms. The fourth-order valence-corrected chi connectivity index (χ4v) is 4.19. The van der Waals surface area contributed by atoms with Crippen LogP contribution < -0.4 is 4.74 Å². The third-order valence-corrected chi connectivity index (χ3v) is 5.65. The lowest BCUT2D eigenvalue weighted by Gasteiger charge is -2.32. The van der Waals surface area contributed by atoms with E-state index in [1.807, 2.05) is 18.4 Å². The van der Waals surface area contributed by atoms with Crippen molar-refractivity contribution in [3.63, 3.8) is 0 Å². The molecule has 0 spiro atoms. The minimum atomic E-state index is -0.253. The molecule has 2 heterocycles. The average molecular weight is 347 g/mol. The maximum Gasteiger partial charge on any atom is 0.177 e. The molecule has 1 saturated heterocycles. The second kappa shape index (κ2) is 7.45. The zero-order valence-electron chi connectivity index (χ0n) is 14.0. The number of thiophene rings is 1. The highest BCUT2D eigenvalue weighted by Crippen LogP contribution is 2.27. The molecular weight excluding hydrogens is 325 g/mol. The summed E-state index contributed by atoms with van der Waals surface area (Å²) in [5, 5.41) is 1.97. The summed E-state index contributed by atoms with van der Waals surface area (Å²) in [6, 6.07) is 6.95. The van der Waals surface area contributed by atoms with Gasteiger partial charge in [0, 0.05) is 30.6 Å². The molecule has 3 nitrogen and oxygen atoms in total. The van der Waals surface area contributed by atoms with E-state index in [0.29, 0.717) is 24.4 Å². The molecule has 1 atom stereocenters. The SMILES string of the molecule is COc1ccc(CN2CCC[C@@H](C(=O)c3sccc3C)C2)c(F)c1. The molecule has 0 aliphatic carbocycles. The number of hydrogen-bond acceptors (Lipinski definition) is 4. The number of methoxy groups -OCH3 is 1. The number of ketones is 1. The van der Waals surface area contributed by atoms with Crippen molar-refractivity contribution < 1.29 is 13.9 Å². The van der Waals surface area contributed by atoms with Crippen LogP contribution in [0.25, 0.3) is 0 Å². The van der Waals surface area contributed by atoms with Crippen LogP contribution in [-0.4, -0.2) is 30.9 Å². The molecular formula is C19H22FNO2S. The van der Waals surface area contributed by atoms with Gasteiger partial charge in [0.1, 0.15) is 11.6 Å². The van der Waals surface area contributed by atoms with Crippen LogP contribution in [0, 0.1) is 18.7 Å². The number of likely N-dealkylation sites (tertiary alicyclic amines) is 1. The Bertz CT molecular complexity index is 728. The summed E-state index contributed by atoms with van der Waals surface area (Å²) in [5.74, 6) is 0.521. The number of nitrogens with zero attached hydrogens (tertiary/aromatic N) is 1. The summed E-state index contributed by atoms with van der Waals surface area (Å²) in [5.41, 5.74) is 1.71. The van der Waals surface area contributed by atoms with E-state index in [1.54, 1.807) is 12.1 Å². The van der Waals surface area contributed by atoms with Crippen molar-refractivity contribution in [3.05, 3.63) is 51.5 Å². The monoisotopic (exact) mass is 347 g/mol. The van der Waals surface area contributed by atoms with Crippen LogP contribution in [0.3, 0.4) is 0 Å². The quantitative estimate of drug-likeness (QED) is 0.755. The number of Topliss-reactive ketones (excluding diaryl/α,β-unsaturated/α-hetero) is 1. The Kier molecular flexibility index (Phi) is 5.31. The van der Waals surface area contributed by atoms with Crippen molar-refractivity contribution in [3.8, 4) is 5.75 Å². The predicted molar refractivity (Wildman–Crippen MR) is 94.3 cm³/mol. The lowest BCUT2D eigenvalue weighted by molar-refractivity contribution is 0.0814. The normalized spacial score (nSPS) is 18.5. The number of hydrogen-bond donors (Lipinski definition) is 0. The van der Waals surface area contributed by atoms with E-state index < -0.39 is 0 Å². The number of carbonyl (C=O) groups is 1. The molecule has 1 aromatic carbocycles. The fourth-order valence-electron chi connectivity index (χ4n) is 3.25. The first-order valence-corrected chi connectivity index (χ1v) is 9.09. The van der Waals surface area contributed by atoms with Gasteiger partial charge in [-0.2, -0.15) is 0 Å². The van der Waals surface area contributed by atoms with Gasteiger partial charge in [-0.1, -0.05) is 6.07 Å². The molecule has 128 valence electrons. The van der Waals surface area contributed by atoms with Crippen LogP contribution in [0.5, 0.6) is 5.75 Å². The van der Waals surface area contributed by atoms with Crippen LogP contribution in [0.1, 0.15) is 33.6 Å². The Morgan fingerprint density at radius 3 is 2.92 bits per heavy atom. The molecule has 1 aliphatic heterocycles. The number of benzene rings is 1. The van der Waals surface area contributed by atoms with Crippen molar-refractivity contribution in [1.29, 1.82) is 0 Å². The van der Waals surface area contributed by atoms with E-state index in [1.165, 1.54) is 24.5 Å². The molecule has 3 rings (SSSR count). The Hall–Kier alpha value is -1.72. The second-order valence-corrected chi connectivity index (χ2v) is 7.24. The molecule has 1 aliphatic rings. The van der Waals surface area contributed by atoms with Crippen molar-refractivity contribution in [2.75, 3.05) is 20.2 Å². The summed E-state index contributed by atoms with van der Waals surface area (Å²) in [6.45, 7) is 4.11. The smallest absolute Gasteiger partial charge is 0.177 e. The van der Waals surface area contributed by atoms with Crippen molar-refractivity contribution in [1.82, 2.24) is 4.90 Å². The first kappa shape index (κ1) is 17.1. The van der Waals surface area contributed by atoms with E-state index in [4.69, 9.17) is 4.74 Å². The molecule has 0 N–H and O–H groups in total. The predicted octanol–water partition coefficient (Wildman–Crippen LogP) is 4.30.